The molecule has 9 nitrogen and oxygen atoms in total. The highest BCUT2D eigenvalue weighted by atomic mass is 35.5. The van der Waals surface area contributed by atoms with Crippen LogP contribution in [0.5, 0.6) is 0 Å². The van der Waals surface area contributed by atoms with Gasteiger partial charge in [0.25, 0.3) is 11.6 Å². The summed E-state index contributed by atoms with van der Waals surface area (Å²) < 4.78 is 0. The quantitative estimate of drug-likeness (QED) is 0.205. The van der Waals surface area contributed by atoms with Crippen LogP contribution in [0.15, 0.2) is 66.7 Å². The van der Waals surface area contributed by atoms with E-state index in [-0.39, 0.29) is 16.4 Å². The highest BCUT2D eigenvalue weighted by Gasteiger charge is 2.23. The summed E-state index contributed by atoms with van der Waals surface area (Å²) in [5.74, 6) is -0.498. The number of thiocarbonyl (C=S) groups is 1. The average molecular weight is 593 g/mol. The number of carbonyl (C=O) groups is 1. The average Bonchev–Trinajstić information content (AvgIpc) is 2.99. The molecule has 0 saturated carbocycles. The minimum atomic E-state index is -0.498. The number of piperidine rings is 1. The van der Waals surface area contributed by atoms with Gasteiger partial charge in [-0.1, -0.05) is 29.8 Å². The number of rotatable bonds is 7. The van der Waals surface area contributed by atoms with E-state index in [9.17, 15) is 14.9 Å². The van der Waals surface area contributed by atoms with E-state index < -0.39 is 10.8 Å². The van der Waals surface area contributed by atoms with Gasteiger partial charge in [-0.05, 0) is 79.5 Å². The van der Waals surface area contributed by atoms with Gasteiger partial charge in [0.15, 0.2) is 5.11 Å². The molecular weight excluding hydrogens is 560 g/mol. The molecule has 0 spiro atoms. The minimum Gasteiger partial charge on any atom is -0.369 e. The number of piperazine rings is 1. The first-order valence-electron chi connectivity index (χ1n) is 13.8. The predicted molar refractivity (Wildman–Crippen MR) is 168 cm³/mol. The second-order valence-corrected chi connectivity index (χ2v) is 11.1. The lowest BCUT2D eigenvalue weighted by Gasteiger charge is -2.36. The van der Waals surface area contributed by atoms with Crippen molar-refractivity contribution in [2.24, 2.45) is 0 Å². The predicted octanol–water partition coefficient (Wildman–Crippen LogP) is 5.69. The van der Waals surface area contributed by atoms with Gasteiger partial charge >= 0.3 is 0 Å². The Hall–Kier alpha value is -3.73. The van der Waals surface area contributed by atoms with E-state index >= 15 is 0 Å². The second-order valence-electron chi connectivity index (χ2n) is 10.3. The summed E-state index contributed by atoms with van der Waals surface area (Å²) in [6.45, 7) is 6.10. The number of nitrogens with one attached hydrogen (secondary N) is 2. The van der Waals surface area contributed by atoms with Crippen molar-refractivity contribution in [2.75, 3.05) is 54.4 Å². The molecular formula is C30H33ClN6O3S. The lowest BCUT2D eigenvalue weighted by molar-refractivity contribution is -0.384. The molecule has 2 fully saturated rings. The summed E-state index contributed by atoms with van der Waals surface area (Å²) in [5.41, 5.74) is 3.67. The number of nitro benzene ring substituents is 1. The van der Waals surface area contributed by atoms with E-state index in [2.05, 4.69) is 26.5 Å². The third-order valence-corrected chi connectivity index (χ3v) is 8.15. The molecule has 3 aromatic carbocycles. The van der Waals surface area contributed by atoms with Crippen LogP contribution in [0.3, 0.4) is 0 Å². The number of nitro groups is 1. The molecule has 2 aliphatic heterocycles. The maximum atomic E-state index is 12.8. The molecule has 2 saturated heterocycles. The third kappa shape index (κ3) is 7.32. The number of hydrogen-bond acceptors (Lipinski definition) is 7. The van der Waals surface area contributed by atoms with Crippen LogP contribution in [0.25, 0.3) is 0 Å². The smallest absolute Gasteiger partial charge is 0.293 e. The Balaban J connectivity index is 1.13. The van der Waals surface area contributed by atoms with Gasteiger partial charge in [0.2, 0.25) is 0 Å². The van der Waals surface area contributed by atoms with Crippen LogP contribution in [0, 0.1) is 10.1 Å². The molecule has 5 rings (SSSR count). The Bertz CT molecular complexity index is 1410. The summed E-state index contributed by atoms with van der Waals surface area (Å²) >= 11 is 11.7. The van der Waals surface area contributed by atoms with Crippen LogP contribution in [-0.4, -0.2) is 60.1 Å². The van der Waals surface area contributed by atoms with Gasteiger partial charge in [-0.2, -0.15) is 0 Å². The molecule has 11 heteroatoms. The van der Waals surface area contributed by atoms with Crippen LogP contribution >= 0.6 is 23.8 Å². The standard InChI is InChI=1S/C30H33ClN6O3S/c31-26-7-3-2-6-23(26)21-34-16-18-35(19-17-34)25-11-9-24(10-12-25)32-30(41)33-29(38)22-8-13-27(28(20-22)37(39)40)36-14-4-1-5-15-36/h2-3,6-13,20H,1,4-5,14-19,21H2,(H2,32,33,38,41). The molecule has 0 radical (unpaired) electrons. The topological polar surface area (TPSA) is 94.0 Å². The summed E-state index contributed by atoms with van der Waals surface area (Å²) in [4.78, 5) is 30.9. The van der Waals surface area contributed by atoms with Crippen molar-refractivity contribution in [1.82, 2.24) is 10.2 Å². The van der Waals surface area contributed by atoms with E-state index in [1.54, 1.807) is 12.1 Å². The van der Waals surface area contributed by atoms with E-state index in [4.69, 9.17) is 23.8 Å². The van der Waals surface area contributed by atoms with Crippen molar-refractivity contribution in [3.63, 3.8) is 0 Å². The number of benzene rings is 3. The molecule has 2 aliphatic rings. The largest absolute Gasteiger partial charge is 0.369 e. The molecule has 0 aromatic heterocycles. The second kappa shape index (κ2) is 13.3. The van der Waals surface area contributed by atoms with Gasteiger partial charge in [-0.3, -0.25) is 25.1 Å². The van der Waals surface area contributed by atoms with Gasteiger partial charge in [0.1, 0.15) is 5.69 Å². The fraction of sp³-hybridized carbons (Fsp3) is 0.333. The number of nitrogens with zero attached hydrogens (tertiary/aromatic N) is 4. The molecule has 2 heterocycles. The Kier molecular flexibility index (Phi) is 9.33. The van der Waals surface area contributed by atoms with Crippen LogP contribution in [0.1, 0.15) is 35.2 Å². The molecule has 214 valence electrons. The summed E-state index contributed by atoms with van der Waals surface area (Å²) in [6, 6.07) is 20.5. The fourth-order valence-electron chi connectivity index (χ4n) is 5.34. The van der Waals surface area contributed by atoms with Crippen LogP contribution in [-0.2, 0) is 6.54 Å². The molecule has 2 N–H and O–H groups in total. The molecule has 0 unspecified atom stereocenters. The van der Waals surface area contributed by atoms with Crippen LogP contribution in [0.4, 0.5) is 22.7 Å². The monoisotopic (exact) mass is 592 g/mol. The molecule has 3 aromatic rings. The number of carbonyl (C=O) groups excluding carboxylic acids is 1. The van der Waals surface area contributed by atoms with E-state index in [1.807, 2.05) is 47.4 Å². The number of anilines is 3. The van der Waals surface area contributed by atoms with Crippen molar-refractivity contribution in [3.05, 3.63) is 93.0 Å². The van der Waals surface area contributed by atoms with Crippen molar-refractivity contribution in [3.8, 4) is 0 Å². The Labute approximate surface area is 250 Å². The normalized spacial score (nSPS) is 15.8. The first kappa shape index (κ1) is 28.8. The van der Waals surface area contributed by atoms with Crippen molar-refractivity contribution < 1.29 is 9.72 Å². The fourth-order valence-corrected chi connectivity index (χ4v) is 5.74. The third-order valence-electron chi connectivity index (χ3n) is 7.57. The highest BCUT2D eigenvalue weighted by molar-refractivity contribution is 7.80. The Morgan fingerprint density at radius 2 is 1.61 bits per heavy atom. The molecule has 0 aliphatic carbocycles. The number of halogens is 1. The van der Waals surface area contributed by atoms with Crippen molar-refractivity contribution in [1.29, 1.82) is 0 Å². The zero-order valence-electron chi connectivity index (χ0n) is 22.7. The molecule has 1 amide bonds. The van der Waals surface area contributed by atoms with Gasteiger partial charge in [0, 0.05) is 73.8 Å². The summed E-state index contributed by atoms with van der Waals surface area (Å²) in [5, 5.41) is 18.3. The van der Waals surface area contributed by atoms with Crippen molar-refractivity contribution in [2.45, 2.75) is 25.8 Å². The van der Waals surface area contributed by atoms with Crippen molar-refractivity contribution >= 4 is 57.6 Å². The van der Waals surface area contributed by atoms with Gasteiger partial charge < -0.3 is 15.1 Å². The maximum absolute atomic E-state index is 12.8. The maximum Gasteiger partial charge on any atom is 0.293 e. The Morgan fingerprint density at radius 3 is 2.29 bits per heavy atom. The molecule has 0 bridgehead atoms. The minimum absolute atomic E-state index is 0.0706. The SMILES string of the molecule is O=C(NC(=S)Nc1ccc(N2CCN(Cc3ccccc3Cl)CC2)cc1)c1ccc(N2CCCCC2)c([N+](=O)[O-])c1. The molecule has 41 heavy (non-hydrogen) atoms. The highest BCUT2D eigenvalue weighted by Crippen LogP contribution is 2.31. The molecule has 0 atom stereocenters. The number of hydrogen-bond donors (Lipinski definition) is 2. The van der Waals surface area contributed by atoms with Gasteiger partial charge in [-0.15, -0.1) is 0 Å². The van der Waals surface area contributed by atoms with Gasteiger partial charge in [-0.25, -0.2) is 0 Å². The van der Waals surface area contributed by atoms with Crippen LogP contribution in [0.2, 0.25) is 5.02 Å². The summed E-state index contributed by atoms with van der Waals surface area (Å²) in [6.07, 6.45) is 3.13. The van der Waals surface area contributed by atoms with E-state index in [0.717, 1.165) is 87.0 Å². The Morgan fingerprint density at radius 1 is 0.902 bits per heavy atom. The zero-order chi connectivity index (χ0) is 28.8. The zero-order valence-corrected chi connectivity index (χ0v) is 24.3. The number of amides is 1. The lowest BCUT2D eigenvalue weighted by Crippen LogP contribution is -2.46. The summed E-state index contributed by atoms with van der Waals surface area (Å²) in [7, 11) is 0. The van der Waals surface area contributed by atoms with E-state index in [1.165, 1.54) is 6.07 Å². The van der Waals surface area contributed by atoms with Gasteiger partial charge in [0.05, 0.1) is 4.92 Å². The van der Waals surface area contributed by atoms with E-state index in [0.29, 0.717) is 5.69 Å². The van der Waals surface area contributed by atoms with Crippen LogP contribution < -0.4 is 20.4 Å². The first-order chi connectivity index (χ1) is 19.9. The lowest BCUT2D eigenvalue weighted by atomic mass is 10.1. The first-order valence-corrected chi connectivity index (χ1v) is 14.6.